The maximum Gasteiger partial charge on any atom is 0.0584 e. The van der Waals surface area contributed by atoms with Crippen LogP contribution in [0.15, 0.2) is 0 Å². The Balaban J connectivity index is 3.28. The first kappa shape index (κ1) is 30.9. The highest BCUT2D eigenvalue weighted by atomic mass is 16.3. The van der Waals surface area contributed by atoms with Crippen molar-refractivity contribution in [3.63, 3.8) is 0 Å². The van der Waals surface area contributed by atoms with Crippen LogP contribution in [-0.2, 0) is 0 Å². The van der Waals surface area contributed by atoms with Crippen LogP contribution in [0.5, 0.6) is 0 Å². The SMILES string of the molecule is CCCCCCCCCCCCCCCCCCCCCCN(C(C)CO)C(C)CO. The maximum atomic E-state index is 9.39. The molecule has 0 fully saturated rings. The van der Waals surface area contributed by atoms with Crippen molar-refractivity contribution < 1.29 is 10.2 Å². The van der Waals surface area contributed by atoms with E-state index in [-0.39, 0.29) is 25.3 Å². The Kier molecular flexibility index (Phi) is 24.4. The lowest BCUT2D eigenvalue weighted by Crippen LogP contribution is -2.44. The third kappa shape index (κ3) is 20.2. The Labute approximate surface area is 196 Å². The Morgan fingerprint density at radius 3 is 0.968 bits per heavy atom. The van der Waals surface area contributed by atoms with Crippen molar-refractivity contribution in [1.29, 1.82) is 0 Å². The summed E-state index contributed by atoms with van der Waals surface area (Å²) in [5.74, 6) is 0. The van der Waals surface area contributed by atoms with Gasteiger partial charge < -0.3 is 10.2 Å². The summed E-state index contributed by atoms with van der Waals surface area (Å²) < 4.78 is 0. The molecule has 0 bridgehead atoms. The zero-order valence-electron chi connectivity index (χ0n) is 21.8. The van der Waals surface area contributed by atoms with Gasteiger partial charge in [-0.25, -0.2) is 0 Å². The summed E-state index contributed by atoms with van der Waals surface area (Å²) in [6, 6.07) is 0.282. The molecule has 0 aromatic heterocycles. The topological polar surface area (TPSA) is 43.7 Å². The molecule has 0 aliphatic rings. The van der Waals surface area contributed by atoms with Gasteiger partial charge in [0.2, 0.25) is 0 Å². The molecule has 0 spiro atoms. The van der Waals surface area contributed by atoms with Gasteiger partial charge in [-0.1, -0.05) is 129 Å². The second-order valence-corrected chi connectivity index (χ2v) is 10.0. The maximum absolute atomic E-state index is 9.39. The van der Waals surface area contributed by atoms with E-state index in [1.54, 1.807) is 0 Å². The average molecular weight is 442 g/mol. The number of rotatable bonds is 25. The number of aliphatic hydroxyl groups excluding tert-OH is 2. The molecule has 0 rings (SSSR count). The van der Waals surface area contributed by atoms with Crippen LogP contribution in [0.25, 0.3) is 0 Å². The minimum Gasteiger partial charge on any atom is -0.395 e. The first-order valence-electron chi connectivity index (χ1n) is 14.1. The summed E-state index contributed by atoms with van der Waals surface area (Å²) in [4.78, 5) is 2.24. The van der Waals surface area contributed by atoms with Crippen molar-refractivity contribution in [2.24, 2.45) is 0 Å². The fourth-order valence-electron chi connectivity index (χ4n) is 4.63. The summed E-state index contributed by atoms with van der Waals surface area (Å²) >= 11 is 0. The van der Waals surface area contributed by atoms with Crippen LogP contribution in [0.2, 0.25) is 0 Å². The summed E-state index contributed by atoms with van der Waals surface area (Å²) in [5.41, 5.74) is 0. The van der Waals surface area contributed by atoms with Crippen molar-refractivity contribution >= 4 is 0 Å². The highest BCUT2D eigenvalue weighted by Crippen LogP contribution is 2.15. The Morgan fingerprint density at radius 2 is 0.710 bits per heavy atom. The molecule has 188 valence electrons. The van der Waals surface area contributed by atoms with Crippen molar-refractivity contribution in [3.05, 3.63) is 0 Å². The van der Waals surface area contributed by atoms with E-state index in [0.717, 1.165) is 6.54 Å². The van der Waals surface area contributed by atoms with Gasteiger partial charge in [0.25, 0.3) is 0 Å². The fourth-order valence-corrected chi connectivity index (χ4v) is 4.63. The Bertz CT molecular complexity index is 327. The lowest BCUT2D eigenvalue weighted by atomic mass is 10.0. The van der Waals surface area contributed by atoms with Gasteiger partial charge in [-0.2, -0.15) is 0 Å². The monoisotopic (exact) mass is 441 g/mol. The van der Waals surface area contributed by atoms with Crippen LogP contribution in [0.3, 0.4) is 0 Å². The van der Waals surface area contributed by atoms with Crippen LogP contribution >= 0.6 is 0 Å². The van der Waals surface area contributed by atoms with E-state index >= 15 is 0 Å². The summed E-state index contributed by atoms with van der Waals surface area (Å²) in [6.07, 6.45) is 28.1. The Morgan fingerprint density at radius 1 is 0.452 bits per heavy atom. The van der Waals surface area contributed by atoms with Crippen molar-refractivity contribution in [2.75, 3.05) is 19.8 Å². The highest BCUT2D eigenvalue weighted by Gasteiger charge is 2.18. The standard InChI is InChI=1S/C28H59NO2/c1-4-5-6-7-8-9-10-11-12-13-14-15-16-17-18-19-20-21-22-23-24-29(27(2)25-30)28(3)26-31/h27-28,30-31H,4-26H2,1-3H3. The smallest absolute Gasteiger partial charge is 0.0584 e. The predicted molar refractivity (Wildman–Crippen MR) is 138 cm³/mol. The molecule has 0 aromatic carbocycles. The molecule has 31 heavy (non-hydrogen) atoms. The highest BCUT2D eigenvalue weighted by molar-refractivity contribution is 4.72. The molecule has 0 amide bonds. The molecule has 0 aromatic rings. The van der Waals surface area contributed by atoms with E-state index < -0.39 is 0 Å². The van der Waals surface area contributed by atoms with Crippen molar-refractivity contribution in [2.45, 2.75) is 161 Å². The van der Waals surface area contributed by atoms with E-state index in [1.165, 1.54) is 128 Å². The fraction of sp³-hybridized carbons (Fsp3) is 1.00. The predicted octanol–water partition coefficient (Wildman–Crippen LogP) is 7.87. The second kappa shape index (κ2) is 24.5. The van der Waals surface area contributed by atoms with Gasteiger partial charge in [-0.3, -0.25) is 4.90 Å². The molecule has 3 nitrogen and oxygen atoms in total. The van der Waals surface area contributed by atoms with Crippen LogP contribution in [-0.4, -0.2) is 47.0 Å². The largest absolute Gasteiger partial charge is 0.395 e. The average Bonchev–Trinajstić information content (AvgIpc) is 2.79. The molecule has 0 saturated carbocycles. The van der Waals surface area contributed by atoms with E-state index in [1.807, 2.05) is 13.8 Å². The minimum absolute atomic E-state index is 0.141. The van der Waals surface area contributed by atoms with Gasteiger partial charge in [0, 0.05) is 12.1 Å². The molecular weight excluding hydrogens is 382 g/mol. The van der Waals surface area contributed by atoms with Crippen LogP contribution in [0.4, 0.5) is 0 Å². The van der Waals surface area contributed by atoms with Crippen LogP contribution in [0.1, 0.15) is 149 Å². The summed E-state index contributed by atoms with van der Waals surface area (Å²) in [7, 11) is 0. The van der Waals surface area contributed by atoms with E-state index in [2.05, 4.69) is 11.8 Å². The number of hydrogen-bond donors (Lipinski definition) is 2. The number of hydrogen-bond acceptors (Lipinski definition) is 3. The second-order valence-electron chi connectivity index (χ2n) is 10.0. The molecule has 3 heteroatoms. The number of unbranched alkanes of at least 4 members (excludes halogenated alkanes) is 19. The first-order valence-corrected chi connectivity index (χ1v) is 14.1. The van der Waals surface area contributed by atoms with Crippen LogP contribution in [0, 0.1) is 0 Å². The van der Waals surface area contributed by atoms with Crippen molar-refractivity contribution in [3.8, 4) is 0 Å². The van der Waals surface area contributed by atoms with E-state index in [4.69, 9.17) is 0 Å². The summed E-state index contributed by atoms with van der Waals surface area (Å²) in [5, 5.41) is 18.8. The van der Waals surface area contributed by atoms with Gasteiger partial charge in [0.15, 0.2) is 0 Å². The third-order valence-electron chi connectivity index (χ3n) is 6.93. The molecule has 2 atom stereocenters. The summed E-state index contributed by atoms with van der Waals surface area (Å²) in [6.45, 7) is 7.71. The molecule has 0 aliphatic carbocycles. The molecule has 0 heterocycles. The van der Waals surface area contributed by atoms with Gasteiger partial charge in [0.1, 0.15) is 0 Å². The quantitative estimate of drug-likeness (QED) is 0.142. The zero-order chi connectivity index (χ0) is 23.0. The van der Waals surface area contributed by atoms with E-state index in [0.29, 0.717) is 0 Å². The van der Waals surface area contributed by atoms with Crippen molar-refractivity contribution in [1.82, 2.24) is 4.90 Å². The van der Waals surface area contributed by atoms with Gasteiger partial charge in [0.05, 0.1) is 13.2 Å². The van der Waals surface area contributed by atoms with Gasteiger partial charge in [-0.05, 0) is 26.8 Å². The minimum atomic E-state index is 0.141. The lowest BCUT2D eigenvalue weighted by molar-refractivity contribution is 0.0665. The first-order chi connectivity index (χ1) is 15.2. The zero-order valence-corrected chi connectivity index (χ0v) is 21.8. The molecule has 0 aliphatic heterocycles. The lowest BCUT2D eigenvalue weighted by Gasteiger charge is -2.32. The number of aliphatic hydroxyl groups is 2. The molecule has 2 N–H and O–H groups in total. The Hall–Kier alpha value is -0.120. The third-order valence-corrected chi connectivity index (χ3v) is 6.93. The van der Waals surface area contributed by atoms with Gasteiger partial charge >= 0.3 is 0 Å². The van der Waals surface area contributed by atoms with E-state index in [9.17, 15) is 10.2 Å². The molecular formula is C28H59NO2. The molecule has 0 radical (unpaired) electrons. The molecule has 2 unspecified atom stereocenters. The molecule has 0 saturated heterocycles. The van der Waals surface area contributed by atoms with Crippen LogP contribution < -0.4 is 0 Å². The number of nitrogens with zero attached hydrogens (tertiary/aromatic N) is 1. The normalized spacial score (nSPS) is 13.7. The van der Waals surface area contributed by atoms with Gasteiger partial charge in [-0.15, -0.1) is 0 Å².